The molecule has 22 heavy (non-hydrogen) atoms. The highest BCUT2D eigenvalue weighted by molar-refractivity contribution is 7.92. The van der Waals surface area contributed by atoms with Gasteiger partial charge in [-0.1, -0.05) is 18.2 Å². The van der Waals surface area contributed by atoms with E-state index in [1.807, 2.05) is 6.07 Å². The number of Topliss-reactive ketones (excluding diaryl/α,β-unsaturated/α-hetero) is 1. The molecule has 0 amide bonds. The van der Waals surface area contributed by atoms with Crippen LogP contribution in [0.4, 0.5) is 5.69 Å². The van der Waals surface area contributed by atoms with Crippen molar-refractivity contribution in [2.24, 2.45) is 0 Å². The Morgan fingerprint density at radius 1 is 1.18 bits per heavy atom. The number of nitrogens with zero attached hydrogens (tertiary/aromatic N) is 1. The number of benzene rings is 2. The van der Waals surface area contributed by atoms with Crippen LogP contribution in [0.2, 0.25) is 0 Å². The molecule has 0 fully saturated rings. The Kier molecular flexibility index (Phi) is 4.59. The number of rotatable bonds is 5. The van der Waals surface area contributed by atoms with Gasteiger partial charge < -0.3 is 0 Å². The van der Waals surface area contributed by atoms with E-state index < -0.39 is 10.0 Å². The number of carbonyl (C=O) groups is 1. The number of sulfonamides is 1. The molecular formula is C16H14N2O3S. The topological polar surface area (TPSA) is 87.0 Å². The molecule has 0 spiro atoms. The summed E-state index contributed by atoms with van der Waals surface area (Å²) in [6.07, 6.45) is 0.188. The van der Waals surface area contributed by atoms with Crippen molar-refractivity contribution in [3.63, 3.8) is 0 Å². The average Bonchev–Trinajstić information content (AvgIpc) is 2.46. The molecule has 0 aromatic heterocycles. The summed E-state index contributed by atoms with van der Waals surface area (Å²) in [4.78, 5) is 11.2. The molecule has 0 radical (unpaired) electrons. The molecule has 0 saturated heterocycles. The minimum atomic E-state index is -3.77. The lowest BCUT2D eigenvalue weighted by molar-refractivity contribution is -0.116. The van der Waals surface area contributed by atoms with E-state index in [2.05, 4.69) is 4.72 Å². The molecule has 0 bridgehead atoms. The summed E-state index contributed by atoms with van der Waals surface area (Å²) in [5.41, 5.74) is 1.32. The maximum absolute atomic E-state index is 12.4. The molecule has 2 aromatic carbocycles. The van der Waals surface area contributed by atoms with Gasteiger partial charge in [-0.3, -0.25) is 9.52 Å². The molecule has 0 saturated carbocycles. The van der Waals surface area contributed by atoms with E-state index in [1.165, 1.54) is 25.1 Å². The summed E-state index contributed by atoms with van der Waals surface area (Å²) in [5, 5.41) is 8.84. The second kappa shape index (κ2) is 6.41. The third-order valence-electron chi connectivity index (χ3n) is 2.91. The fraction of sp³-hybridized carbons (Fsp3) is 0.125. The average molecular weight is 314 g/mol. The number of nitriles is 1. The number of carbonyl (C=O) groups excluding carboxylic acids is 1. The van der Waals surface area contributed by atoms with Crippen molar-refractivity contribution in [3.05, 3.63) is 59.7 Å². The van der Waals surface area contributed by atoms with Crippen LogP contribution in [-0.2, 0) is 21.2 Å². The number of ketones is 1. The third kappa shape index (κ3) is 3.93. The Hall–Kier alpha value is -2.65. The van der Waals surface area contributed by atoms with Crippen molar-refractivity contribution in [2.75, 3.05) is 4.72 Å². The Bertz CT molecular complexity index is 852. The van der Waals surface area contributed by atoms with Crippen LogP contribution in [0.3, 0.4) is 0 Å². The van der Waals surface area contributed by atoms with Gasteiger partial charge in [0.2, 0.25) is 0 Å². The van der Waals surface area contributed by atoms with Crippen LogP contribution in [0, 0.1) is 11.3 Å². The van der Waals surface area contributed by atoms with Gasteiger partial charge >= 0.3 is 0 Å². The fourth-order valence-corrected chi connectivity index (χ4v) is 3.10. The molecule has 2 rings (SSSR count). The Morgan fingerprint density at radius 2 is 1.91 bits per heavy atom. The maximum Gasteiger partial charge on any atom is 0.261 e. The molecule has 112 valence electrons. The lowest BCUT2D eigenvalue weighted by Crippen LogP contribution is -2.13. The van der Waals surface area contributed by atoms with Crippen LogP contribution in [-0.4, -0.2) is 14.2 Å². The molecule has 0 unspecified atom stereocenters. The van der Waals surface area contributed by atoms with Gasteiger partial charge in [0.25, 0.3) is 10.0 Å². The maximum atomic E-state index is 12.4. The van der Waals surface area contributed by atoms with E-state index in [-0.39, 0.29) is 17.1 Å². The highest BCUT2D eigenvalue weighted by Gasteiger charge is 2.15. The van der Waals surface area contributed by atoms with Crippen molar-refractivity contribution in [1.29, 1.82) is 5.26 Å². The number of hydrogen-bond donors (Lipinski definition) is 1. The lowest BCUT2D eigenvalue weighted by atomic mass is 10.1. The first kappa shape index (κ1) is 15.7. The summed E-state index contributed by atoms with van der Waals surface area (Å²) in [6, 6.07) is 14.4. The molecule has 0 aliphatic heterocycles. The van der Waals surface area contributed by atoms with Crippen LogP contribution in [0.25, 0.3) is 0 Å². The highest BCUT2D eigenvalue weighted by atomic mass is 32.2. The van der Waals surface area contributed by atoms with Gasteiger partial charge in [0.1, 0.15) is 5.78 Å². The lowest BCUT2D eigenvalue weighted by Gasteiger charge is -2.09. The minimum Gasteiger partial charge on any atom is -0.300 e. The number of nitrogens with one attached hydrogen (secondary N) is 1. The quantitative estimate of drug-likeness (QED) is 0.918. The SMILES string of the molecule is CC(=O)Cc1cccc(S(=O)(=O)Nc2cccc(C#N)c2)c1. The molecule has 0 heterocycles. The first-order valence-electron chi connectivity index (χ1n) is 6.52. The molecule has 0 atom stereocenters. The van der Waals surface area contributed by atoms with Gasteiger partial charge in [0.05, 0.1) is 22.2 Å². The smallest absolute Gasteiger partial charge is 0.261 e. The number of hydrogen-bond acceptors (Lipinski definition) is 4. The zero-order valence-corrected chi connectivity index (χ0v) is 12.7. The number of anilines is 1. The van der Waals surface area contributed by atoms with Gasteiger partial charge in [0.15, 0.2) is 0 Å². The predicted molar refractivity (Wildman–Crippen MR) is 82.8 cm³/mol. The van der Waals surface area contributed by atoms with E-state index in [0.717, 1.165) is 0 Å². The highest BCUT2D eigenvalue weighted by Crippen LogP contribution is 2.18. The normalized spacial score (nSPS) is 10.7. The minimum absolute atomic E-state index is 0.0378. The molecule has 0 aliphatic rings. The largest absolute Gasteiger partial charge is 0.300 e. The Labute approximate surface area is 129 Å². The zero-order valence-electron chi connectivity index (χ0n) is 11.9. The van der Waals surface area contributed by atoms with Gasteiger partial charge in [-0.15, -0.1) is 0 Å². The monoisotopic (exact) mass is 314 g/mol. The summed E-state index contributed by atoms with van der Waals surface area (Å²) >= 11 is 0. The van der Waals surface area contributed by atoms with Crippen LogP contribution < -0.4 is 4.72 Å². The van der Waals surface area contributed by atoms with Crippen molar-refractivity contribution < 1.29 is 13.2 Å². The van der Waals surface area contributed by atoms with Crippen LogP contribution in [0.15, 0.2) is 53.4 Å². The molecule has 2 aromatic rings. The van der Waals surface area contributed by atoms with Gasteiger partial charge in [0, 0.05) is 6.42 Å². The standard InChI is InChI=1S/C16H14N2O3S/c1-12(19)8-13-4-3-7-16(10-13)22(20,21)18-15-6-2-5-14(9-15)11-17/h2-7,9-10,18H,8H2,1H3. The van der Waals surface area contributed by atoms with Crippen molar-refractivity contribution in [2.45, 2.75) is 18.2 Å². The van der Waals surface area contributed by atoms with Crippen molar-refractivity contribution in [1.82, 2.24) is 0 Å². The summed E-state index contributed by atoms with van der Waals surface area (Å²) in [5.74, 6) is -0.0378. The Morgan fingerprint density at radius 3 is 2.59 bits per heavy atom. The van der Waals surface area contributed by atoms with E-state index in [4.69, 9.17) is 5.26 Å². The van der Waals surface area contributed by atoms with Gasteiger partial charge in [-0.05, 0) is 42.8 Å². The predicted octanol–water partition coefficient (Wildman–Crippen LogP) is 2.49. The second-order valence-electron chi connectivity index (χ2n) is 4.82. The van der Waals surface area contributed by atoms with Crippen LogP contribution in [0.5, 0.6) is 0 Å². The summed E-state index contributed by atoms with van der Waals surface area (Å²) < 4.78 is 27.1. The third-order valence-corrected chi connectivity index (χ3v) is 4.28. The summed E-state index contributed by atoms with van der Waals surface area (Å²) in [7, 11) is -3.77. The van der Waals surface area contributed by atoms with Crippen LogP contribution in [0.1, 0.15) is 18.1 Å². The van der Waals surface area contributed by atoms with E-state index >= 15 is 0 Å². The summed E-state index contributed by atoms with van der Waals surface area (Å²) in [6.45, 7) is 1.45. The zero-order chi connectivity index (χ0) is 16.2. The van der Waals surface area contributed by atoms with Crippen molar-refractivity contribution in [3.8, 4) is 6.07 Å². The second-order valence-corrected chi connectivity index (χ2v) is 6.51. The van der Waals surface area contributed by atoms with Gasteiger partial charge in [-0.25, -0.2) is 8.42 Å². The molecule has 1 N–H and O–H groups in total. The fourth-order valence-electron chi connectivity index (χ4n) is 1.98. The molecule has 6 heteroatoms. The van der Waals surface area contributed by atoms with E-state index in [0.29, 0.717) is 16.8 Å². The van der Waals surface area contributed by atoms with Crippen molar-refractivity contribution >= 4 is 21.5 Å². The van der Waals surface area contributed by atoms with Gasteiger partial charge in [-0.2, -0.15) is 5.26 Å². The first-order valence-corrected chi connectivity index (χ1v) is 8.00. The first-order chi connectivity index (χ1) is 10.4. The molecule has 0 aliphatic carbocycles. The van der Waals surface area contributed by atoms with E-state index in [1.54, 1.807) is 30.3 Å². The van der Waals surface area contributed by atoms with Crippen LogP contribution >= 0.6 is 0 Å². The van der Waals surface area contributed by atoms with E-state index in [9.17, 15) is 13.2 Å². The molecular weight excluding hydrogens is 300 g/mol. The molecule has 5 nitrogen and oxygen atoms in total. The Balaban J connectivity index is 2.30.